The Hall–Kier alpha value is -3.66. The maximum absolute atomic E-state index is 13.4. The molecule has 9 nitrogen and oxygen atoms in total. The Kier molecular flexibility index (Phi) is 8.15. The number of ether oxygens (including phenoxy) is 1. The third kappa shape index (κ3) is 6.50. The summed E-state index contributed by atoms with van der Waals surface area (Å²) in [5.74, 6) is -0.139. The van der Waals surface area contributed by atoms with Crippen molar-refractivity contribution in [3.05, 3.63) is 53.9 Å². The van der Waals surface area contributed by atoms with Gasteiger partial charge in [0.05, 0.1) is 21.6 Å². The van der Waals surface area contributed by atoms with Gasteiger partial charge in [-0.2, -0.15) is 0 Å². The lowest BCUT2D eigenvalue weighted by molar-refractivity contribution is -0.144. The Bertz CT molecular complexity index is 1510. The van der Waals surface area contributed by atoms with E-state index in [-0.39, 0.29) is 10.3 Å². The maximum atomic E-state index is 13.4. The van der Waals surface area contributed by atoms with Crippen molar-refractivity contribution in [3.63, 3.8) is 0 Å². The van der Waals surface area contributed by atoms with E-state index < -0.39 is 28.5 Å². The van der Waals surface area contributed by atoms with E-state index in [0.29, 0.717) is 11.4 Å². The van der Waals surface area contributed by atoms with Crippen molar-refractivity contribution in [2.24, 2.45) is 0 Å². The van der Waals surface area contributed by atoms with Gasteiger partial charge < -0.3 is 14.6 Å². The quantitative estimate of drug-likeness (QED) is 0.390. The molecule has 0 bridgehead atoms. The Morgan fingerprint density at radius 2 is 1.74 bits per heavy atom. The maximum Gasteiger partial charge on any atom is 0.303 e. The van der Waals surface area contributed by atoms with Crippen LogP contribution >= 0.6 is 0 Å². The number of hydrogen-bond acceptors (Lipinski definition) is 6. The van der Waals surface area contributed by atoms with E-state index in [1.807, 2.05) is 12.1 Å². The number of hydrogen-bond donors (Lipinski definition) is 1. The summed E-state index contributed by atoms with van der Waals surface area (Å²) >= 11 is 0. The Labute approximate surface area is 229 Å². The van der Waals surface area contributed by atoms with Crippen molar-refractivity contribution < 1.29 is 22.7 Å². The van der Waals surface area contributed by atoms with Gasteiger partial charge in [-0.05, 0) is 68.1 Å². The molecule has 1 amide bonds. The van der Waals surface area contributed by atoms with Gasteiger partial charge in [-0.1, -0.05) is 32.8 Å². The highest BCUT2D eigenvalue weighted by atomic mass is 32.2. The average Bonchev–Trinajstić information content (AvgIpc) is 3.26. The van der Waals surface area contributed by atoms with Crippen LogP contribution in [0.2, 0.25) is 0 Å². The number of esters is 1. The number of anilines is 2. The van der Waals surface area contributed by atoms with Crippen LogP contribution in [0.1, 0.15) is 65.6 Å². The van der Waals surface area contributed by atoms with Crippen molar-refractivity contribution in [3.8, 4) is 0 Å². The van der Waals surface area contributed by atoms with Gasteiger partial charge in [0.1, 0.15) is 5.82 Å². The highest BCUT2D eigenvalue weighted by Gasteiger charge is 2.25. The van der Waals surface area contributed by atoms with Crippen LogP contribution in [-0.4, -0.2) is 43.5 Å². The predicted octanol–water partition coefficient (Wildman–Crippen LogP) is 5.47. The largest absolute Gasteiger partial charge is 0.456 e. The van der Waals surface area contributed by atoms with Crippen molar-refractivity contribution >= 4 is 50.5 Å². The van der Waals surface area contributed by atoms with Gasteiger partial charge in [0.2, 0.25) is 0 Å². The molecule has 0 spiro atoms. The summed E-state index contributed by atoms with van der Waals surface area (Å²) in [6.07, 6.45) is 8.09. The van der Waals surface area contributed by atoms with E-state index >= 15 is 0 Å². The van der Waals surface area contributed by atoms with Crippen LogP contribution in [-0.2, 0) is 29.8 Å². The monoisotopic (exact) mass is 552 g/mol. The van der Waals surface area contributed by atoms with Gasteiger partial charge in [0.25, 0.3) is 15.9 Å². The summed E-state index contributed by atoms with van der Waals surface area (Å²) < 4.78 is 34.9. The number of aromatic nitrogens is 2. The normalized spacial score (nSPS) is 14.2. The molecule has 1 fully saturated rings. The van der Waals surface area contributed by atoms with Gasteiger partial charge in [-0.25, -0.2) is 13.4 Å². The first kappa shape index (κ1) is 28.4. The molecule has 39 heavy (non-hydrogen) atoms. The number of benzene rings is 2. The van der Waals surface area contributed by atoms with E-state index in [2.05, 4.69) is 41.6 Å². The van der Waals surface area contributed by atoms with E-state index in [0.717, 1.165) is 29.7 Å². The first-order valence-corrected chi connectivity index (χ1v) is 14.5. The molecule has 1 saturated carbocycles. The fourth-order valence-corrected chi connectivity index (χ4v) is 5.82. The molecule has 1 aliphatic rings. The van der Waals surface area contributed by atoms with Crippen LogP contribution in [0.5, 0.6) is 0 Å². The standard InChI is InChI=1S/C29H36N4O5S/c1-20(34)38-19-27(35)30-22-11-14-24(15-12-22)39(36,37)32(5)23-13-16-26-25(17-23)31-28(29(2,3)4)33(26)18-21-9-7-6-8-10-21/h11-18H,6-10,19H2,1-5H3,(H,30,35). The molecule has 0 aliphatic heterocycles. The zero-order valence-corrected chi connectivity index (χ0v) is 24.0. The minimum Gasteiger partial charge on any atom is -0.456 e. The average molecular weight is 553 g/mol. The minimum absolute atomic E-state index is 0.0750. The molecule has 3 aromatic rings. The predicted molar refractivity (Wildman–Crippen MR) is 153 cm³/mol. The number of carbonyl (C=O) groups is 2. The number of carbonyl (C=O) groups excluding carboxylic acids is 2. The molecule has 1 N–H and O–H groups in total. The molecule has 208 valence electrons. The number of fused-ring (bicyclic) bond motifs is 1. The van der Waals surface area contributed by atoms with Gasteiger partial charge in [-0.3, -0.25) is 13.9 Å². The van der Waals surface area contributed by atoms with Crippen molar-refractivity contribution in [2.75, 3.05) is 23.3 Å². The fraction of sp³-hybridized carbons (Fsp3) is 0.414. The lowest BCUT2D eigenvalue weighted by atomic mass is 9.94. The zero-order chi connectivity index (χ0) is 28.4. The van der Waals surface area contributed by atoms with Crippen LogP contribution < -0.4 is 9.62 Å². The second kappa shape index (κ2) is 11.2. The number of sulfonamides is 1. The molecule has 10 heteroatoms. The summed E-state index contributed by atoms with van der Waals surface area (Å²) in [7, 11) is -2.37. The number of imidazole rings is 1. The molecule has 1 heterocycles. The van der Waals surface area contributed by atoms with E-state index in [1.165, 1.54) is 67.4 Å². The molecule has 4 rings (SSSR count). The van der Waals surface area contributed by atoms with Crippen LogP contribution in [0.3, 0.4) is 0 Å². The molecule has 0 radical (unpaired) electrons. The summed E-state index contributed by atoms with van der Waals surface area (Å²) in [5, 5.41) is 2.57. The molecule has 2 aromatic carbocycles. The summed E-state index contributed by atoms with van der Waals surface area (Å²) in [5.41, 5.74) is 3.79. The zero-order valence-electron chi connectivity index (χ0n) is 23.2. The van der Waals surface area contributed by atoms with Gasteiger partial charge in [-0.15, -0.1) is 0 Å². The molecular formula is C29H36N4O5S. The topological polar surface area (TPSA) is 111 Å². The summed E-state index contributed by atoms with van der Waals surface area (Å²) in [6.45, 7) is 7.19. The van der Waals surface area contributed by atoms with Gasteiger partial charge in [0, 0.05) is 31.3 Å². The Morgan fingerprint density at radius 3 is 2.36 bits per heavy atom. The number of rotatable bonds is 7. The highest BCUT2D eigenvalue weighted by Crippen LogP contribution is 2.32. The first-order chi connectivity index (χ1) is 18.4. The number of allylic oxidation sites excluding steroid dienone is 1. The lowest BCUT2D eigenvalue weighted by Gasteiger charge is -2.21. The van der Waals surface area contributed by atoms with E-state index in [4.69, 9.17) is 4.98 Å². The second-order valence-corrected chi connectivity index (χ2v) is 12.9. The van der Waals surface area contributed by atoms with Crippen molar-refractivity contribution in [1.29, 1.82) is 0 Å². The first-order valence-electron chi connectivity index (χ1n) is 13.1. The second-order valence-electron chi connectivity index (χ2n) is 10.9. The third-order valence-corrected chi connectivity index (χ3v) is 8.52. The number of nitrogens with one attached hydrogen (secondary N) is 1. The highest BCUT2D eigenvalue weighted by molar-refractivity contribution is 7.92. The smallest absolute Gasteiger partial charge is 0.303 e. The summed E-state index contributed by atoms with van der Waals surface area (Å²) in [6, 6.07) is 11.4. The lowest BCUT2D eigenvalue weighted by Crippen LogP contribution is -2.26. The minimum atomic E-state index is -3.88. The molecule has 1 aliphatic carbocycles. The number of nitrogens with zero attached hydrogens (tertiary/aromatic N) is 3. The van der Waals surface area contributed by atoms with Crippen LogP contribution in [0.4, 0.5) is 11.4 Å². The number of amides is 1. The van der Waals surface area contributed by atoms with Crippen LogP contribution in [0.25, 0.3) is 17.2 Å². The molecule has 0 atom stereocenters. The van der Waals surface area contributed by atoms with E-state index in [1.54, 1.807) is 6.07 Å². The summed E-state index contributed by atoms with van der Waals surface area (Å²) in [4.78, 5) is 27.8. The van der Waals surface area contributed by atoms with Gasteiger partial charge >= 0.3 is 5.97 Å². The Morgan fingerprint density at radius 1 is 1.08 bits per heavy atom. The van der Waals surface area contributed by atoms with Crippen LogP contribution in [0, 0.1) is 0 Å². The molecule has 0 saturated heterocycles. The molecular weight excluding hydrogens is 516 g/mol. The molecule has 1 aromatic heterocycles. The van der Waals surface area contributed by atoms with E-state index in [9.17, 15) is 18.0 Å². The molecule has 0 unspecified atom stereocenters. The SMILES string of the molecule is CC(=O)OCC(=O)Nc1ccc(S(=O)(=O)N(C)c2ccc3c(c2)nc(C(C)(C)C)n3C=C2CCCCC2)cc1. The fourth-order valence-electron chi connectivity index (χ4n) is 4.63. The van der Waals surface area contributed by atoms with Crippen molar-refractivity contribution in [1.82, 2.24) is 9.55 Å². The van der Waals surface area contributed by atoms with Gasteiger partial charge in [0.15, 0.2) is 6.61 Å². The third-order valence-electron chi connectivity index (χ3n) is 6.72. The van der Waals surface area contributed by atoms with Crippen molar-refractivity contribution in [2.45, 2.75) is 70.1 Å². The Balaban J connectivity index is 1.60. The van der Waals surface area contributed by atoms with Crippen LogP contribution in [0.15, 0.2) is 52.9 Å².